The molecule has 144 valence electrons. The number of rotatable bonds is 3. The Morgan fingerprint density at radius 1 is 1.25 bits per heavy atom. The highest BCUT2D eigenvalue weighted by Gasteiger charge is 2.53. The normalized spacial score (nSPS) is 27.8. The molecule has 1 saturated heterocycles. The van der Waals surface area contributed by atoms with E-state index in [2.05, 4.69) is 19.9 Å². The van der Waals surface area contributed by atoms with Crippen LogP contribution in [0, 0.1) is 0 Å². The fourth-order valence-electron chi connectivity index (χ4n) is 3.83. The summed E-state index contributed by atoms with van der Waals surface area (Å²) in [6, 6.07) is 7.92. The zero-order chi connectivity index (χ0) is 19.5. The number of benzene rings is 1. The number of imidazole rings is 1. The minimum atomic E-state index is -1.61. The number of ether oxygens (including phenoxy) is 1. The van der Waals surface area contributed by atoms with Crippen LogP contribution in [-0.4, -0.2) is 64.2 Å². The largest absolute Gasteiger partial charge is 0.394 e. The van der Waals surface area contributed by atoms with Gasteiger partial charge in [0.05, 0.1) is 12.9 Å². The predicted octanol–water partition coefficient (Wildman–Crippen LogP) is 0.976. The molecule has 4 aromatic rings. The minimum absolute atomic E-state index is 0.405. The molecule has 1 aromatic carbocycles. The van der Waals surface area contributed by atoms with Gasteiger partial charge in [-0.25, -0.2) is 15.0 Å². The molecule has 4 atom stereocenters. The topological polar surface area (TPSA) is 129 Å². The van der Waals surface area contributed by atoms with E-state index in [4.69, 9.17) is 4.74 Å². The highest BCUT2D eigenvalue weighted by molar-refractivity contribution is 5.91. The lowest BCUT2D eigenvalue weighted by Crippen LogP contribution is -2.44. The van der Waals surface area contributed by atoms with Crippen LogP contribution in [0.4, 0.5) is 0 Å². The molecule has 0 saturated carbocycles. The summed E-state index contributed by atoms with van der Waals surface area (Å²) in [6.07, 6.45) is 1.73. The highest BCUT2D eigenvalue weighted by Crippen LogP contribution is 2.40. The summed E-state index contributed by atoms with van der Waals surface area (Å²) >= 11 is 0. The standard InChI is InChI=1S/C19H19N5O4/c1-19(27)16(26)13(7-25)28-18(19)24-9-23-15-14(21-8-22-17(15)24)11-2-3-12-10(6-11)4-5-20-12/h2-6,8-9,13,16,18,20,25-27H,7H2,1H3/t13-,16-,18?,19-/m1/s1. The lowest BCUT2D eigenvalue weighted by Gasteiger charge is -2.27. The monoisotopic (exact) mass is 381 g/mol. The van der Waals surface area contributed by atoms with Crippen molar-refractivity contribution in [2.75, 3.05) is 6.61 Å². The van der Waals surface area contributed by atoms with Crippen molar-refractivity contribution in [1.29, 1.82) is 0 Å². The van der Waals surface area contributed by atoms with Crippen molar-refractivity contribution in [3.8, 4) is 11.3 Å². The summed E-state index contributed by atoms with van der Waals surface area (Å²) in [4.78, 5) is 16.3. The van der Waals surface area contributed by atoms with Crippen LogP contribution in [0.1, 0.15) is 13.2 Å². The summed E-state index contributed by atoms with van der Waals surface area (Å²) < 4.78 is 7.26. The van der Waals surface area contributed by atoms with E-state index >= 15 is 0 Å². The van der Waals surface area contributed by atoms with Crippen LogP contribution in [0.2, 0.25) is 0 Å². The molecule has 9 heteroatoms. The molecule has 0 radical (unpaired) electrons. The number of hydrogen-bond acceptors (Lipinski definition) is 7. The number of nitrogens with zero attached hydrogens (tertiary/aromatic N) is 4. The van der Waals surface area contributed by atoms with Crippen molar-refractivity contribution < 1.29 is 20.1 Å². The number of aromatic nitrogens is 5. The van der Waals surface area contributed by atoms with E-state index < -0.39 is 30.6 Å². The van der Waals surface area contributed by atoms with Gasteiger partial charge in [-0.05, 0) is 25.1 Å². The minimum Gasteiger partial charge on any atom is -0.394 e. The Balaban J connectivity index is 1.63. The third-order valence-electron chi connectivity index (χ3n) is 5.37. The number of aliphatic hydroxyl groups is 3. The SMILES string of the molecule is C[C@]1(O)C(n2cnc3c(-c4ccc5[nH]ccc5c4)ncnc32)O[C@H](CO)[C@H]1O. The molecule has 0 amide bonds. The Labute approximate surface area is 159 Å². The van der Waals surface area contributed by atoms with E-state index in [1.54, 1.807) is 4.57 Å². The quantitative estimate of drug-likeness (QED) is 0.416. The number of nitrogens with one attached hydrogen (secondary N) is 1. The summed E-state index contributed by atoms with van der Waals surface area (Å²) in [6.45, 7) is 1.06. The second-order valence-corrected chi connectivity index (χ2v) is 7.21. The third kappa shape index (κ3) is 2.38. The van der Waals surface area contributed by atoms with Crippen molar-refractivity contribution in [1.82, 2.24) is 24.5 Å². The maximum Gasteiger partial charge on any atom is 0.168 e. The van der Waals surface area contributed by atoms with E-state index in [0.717, 1.165) is 16.5 Å². The van der Waals surface area contributed by atoms with Crippen LogP contribution in [0.3, 0.4) is 0 Å². The average molecular weight is 381 g/mol. The molecule has 5 rings (SSSR count). The smallest absolute Gasteiger partial charge is 0.168 e. The van der Waals surface area contributed by atoms with Gasteiger partial charge in [0, 0.05) is 22.7 Å². The van der Waals surface area contributed by atoms with Crippen molar-refractivity contribution in [2.24, 2.45) is 0 Å². The molecule has 0 aliphatic carbocycles. The van der Waals surface area contributed by atoms with Gasteiger partial charge in [0.15, 0.2) is 11.9 Å². The molecule has 4 heterocycles. The van der Waals surface area contributed by atoms with Gasteiger partial charge in [-0.3, -0.25) is 4.57 Å². The van der Waals surface area contributed by atoms with E-state index in [0.29, 0.717) is 16.9 Å². The lowest BCUT2D eigenvalue weighted by atomic mass is 9.96. The summed E-state index contributed by atoms with van der Waals surface area (Å²) in [5.41, 5.74) is 1.98. The molecular formula is C19H19N5O4. The molecule has 1 fully saturated rings. The van der Waals surface area contributed by atoms with Gasteiger partial charge in [-0.2, -0.15) is 0 Å². The van der Waals surface area contributed by atoms with Crippen molar-refractivity contribution in [3.63, 3.8) is 0 Å². The lowest BCUT2D eigenvalue weighted by molar-refractivity contribution is -0.0950. The number of fused-ring (bicyclic) bond motifs is 2. The molecule has 9 nitrogen and oxygen atoms in total. The first-order valence-electron chi connectivity index (χ1n) is 8.92. The molecule has 1 aliphatic rings. The number of H-pyrrole nitrogens is 1. The van der Waals surface area contributed by atoms with E-state index in [1.165, 1.54) is 19.6 Å². The van der Waals surface area contributed by atoms with Gasteiger partial charge in [-0.1, -0.05) is 6.07 Å². The van der Waals surface area contributed by atoms with E-state index in [1.807, 2.05) is 30.5 Å². The summed E-state index contributed by atoms with van der Waals surface area (Å²) in [5, 5.41) is 31.5. The van der Waals surface area contributed by atoms with Gasteiger partial charge < -0.3 is 25.0 Å². The fraction of sp³-hybridized carbons (Fsp3) is 0.316. The Morgan fingerprint density at radius 3 is 2.89 bits per heavy atom. The van der Waals surface area contributed by atoms with Crippen LogP contribution in [0.15, 0.2) is 43.1 Å². The second kappa shape index (κ2) is 6.08. The first kappa shape index (κ1) is 17.3. The maximum absolute atomic E-state index is 10.8. The van der Waals surface area contributed by atoms with Crippen LogP contribution >= 0.6 is 0 Å². The number of aliphatic hydroxyl groups excluding tert-OH is 2. The molecule has 28 heavy (non-hydrogen) atoms. The average Bonchev–Trinajstić information content (AvgIpc) is 3.38. The van der Waals surface area contributed by atoms with Crippen LogP contribution in [0.25, 0.3) is 33.3 Å². The first-order chi connectivity index (χ1) is 13.5. The van der Waals surface area contributed by atoms with Crippen molar-refractivity contribution in [3.05, 3.63) is 43.1 Å². The molecule has 0 spiro atoms. The number of hydrogen-bond donors (Lipinski definition) is 4. The van der Waals surface area contributed by atoms with Crippen LogP contribution in [-0.2, 0) is 4.74 Å². The van der Waals surface area contributed by atoms with Gasteiger partial charge in [0.25, 0.3) is 0 Å². The van der Waals surface area contributed by atoms with Gasteiger partial charge >= 0.3 is 0 Å². The van der Waals surface area contributed by atoms with Crippen LogP contribution < -0.4 is 0 Å². The fourth-order valence-corrected chi connectivity index (χ4v) is 3.83. The van der Waals surface area contributed by atoms with E-state index in [9.17, 15) is 15.3 Å². The molecule has 1 aliphatic heterocycles. The maximum atomic E-state index is 10.8. The Kier molecular flexibility index (Phi) is 3.75. The molecule has 1 unspecified atom stereocenters. The Hall–Kier alpha value is -2.85. The molecule has 4 N–H and O–H groups in total. The zero-order valence-corrected chi connectivity index (χ0v) is 15.0. The van der Waals surface area contributed by atoms with Crippen LogP contribution in [0.5, 0.6) is 0 Å². The Morgan fingerprint density at radius 2 is 2.11 bits per heavy atom. The van der Waals surface area contributed by atoms with E-state index in [-0.39, 0.29) is 0 Å². The molecule has 0 bridgehead atoms. The second-order valence-electron chi connectivity index (χ2n) is 7.21. The van der Waals surface area contributed by atoms with Gasteiger partial charge in [0.1, 0.15) is 35.3 Å². The summed E-state index contributed by atoms with van der Waals surface area (Å²) in [5.74, 6) is 0. The number of aromatic amines is 1. The van der Waals surface area contributed by atoms with Gasteiger partial charge in [0.2, 0.25) is 0 Å². The third-order valence-corrected chi connectivity index (χ3v) is 5.37. The Bertz CT molecular complexity index is 1170. The predicted molar refractivity (Wildman–Crippen MR) is 100 cm³/mol. The van der Waals surface area contributed by atoms with Crippen molar-refractivity contribution in [2.45, 2.75) is 31.0 Å². The molecular weight excluding hydrogens is 362 g/mol. The summed E-state index contributed by atoms with van der Waals surface area (Å²) in [7, 11) is 0. The van der Waals surface area contributed by atoms with Crippen molar-refractivity contribution >= 4 is 22.1 Å². The zero-order valence-electron chi connectivity index (χ0n) is 15.0. The van der Waals surface area contributed by atoms with Gasteiger partial charge in [-0.15, -0.1) is 0 Å². The first-order valence-corrected chi connectivity index (χ1v) is 8.92. The molecule has 3 aromatic heterocycles. The highest BCUT2D eigenvalue weighted by atomic mass is 16.6.